The first-order valence-corrected chi connectivity index (χ1v) is 10.3. The second-order valence-corrected chi connectivity index (χ2v) is 7.71. The highest BCUT2D eigenvalue weighted by atomic mass is 16.4. The maximum Gasteiger partial charge on any atom is 0.307 e. The van der Waals surface area contributed by atoms with Gasteiger partial charge in [-0.2, -0.15) is 0 Å². The molecular weight excluding hydrogens is 370 g/mol. The molecule has 156 valence electrons. The van der Waals surface area contributed by atoms with Gasteiger partial charge in [0.15, 0.2) is 0 Å². The standard InChI is InChI=1S/C22H29N3O4/c26-20(15-23-21(27)18-7-3-4-8-19(18)22(28)29)24-16-9-11-17(12-10-16)25-13-5-1-2-6-14-25/h3-4,9-12,18-19H,1-2,5-8,13-15H2,(H,23,27)(H,24,26)(H,28,29)/t18-,19-/m0/s1. The number of carboxylic acid groups (broad SMARTS) is 1. The topological polar surface area (TPSA) is 98.7 Å². The van der Waals surface area contributed by atoms with Gasteiger partial charge in [0.25, 0.3) is 0 Å². The Kier molecular flexibility index (Phi) is 7.27. The number of carboxylic acids is 1. The first-order chi connectivity index (χ1) is 14.0. The molecule has 2 amide bonds. The first-order valence-electron chi connectivity index (χ1n) is 10.3. The molecule has 1 aliphatic heterocycles. The quantitative estimate of drug-likeness (QED) is 0.639. The molecule has 1 aliphatic carbocycles. The van der Waals surface area contributed by atoms with Crippen LogP contribution in [0, 0.1) is 11.8 Å². The normalized spacial score (nSPS) is 21.9. The third-order valence-corrected chi connectivity index (χ3v) is 5.63. The van der Waals surface area contributed by atoms with Crippen LogP contribution in [0.5, 0.6) is 0 Å². The van der Waals surface area contributed by atoms with Crippen LogP contribution in [0.3, 0.4) is 0 Å². The predicted octanol–water partition coefficient (Wildman–Crippen LogP) is 2.79. The summed E-state index contributed by atoms with van der Waals surface area (Å²) in [5, 5.41) is 14.6. The molecule has 1 aromatic carbocycles. The van der Waals surface area contributed by atoms with Crippen LogP contribution >= 0.6 is 0 Å². The average Bonchev–Trinajstić information content (AvgIpc) is 3.02. The van der Waals surface area contributed by atoms with Crippen molar-refractivity contribution in [3.8, 4) is 0 Å². The van der Waals surface area contributed by atoms with Gasteiger partial charge < -0.3 is 20.6 Å². The molecule has 1 aromatic rings. The summed E-state index contributed by atoms with van der Waals surface area (Å²) in [5.74, 6) is -3.09. The first kappa shape index (κ1) is 20.9. The minimum Gasteiger partial charge on any atom is -0.481 e. The summed E-state index contributed by atoms with van der Waals surface area (Å²) >= 11 is 0. The lowest BCUT2D eigenvalue weighted by atomic mass is 9.82. The van der Waals surface area contributed by atoms with E-state index in [4.69, 9.17) is 0 Å². The van der Waals surface area contributed by atoms with Crippen molar-refractivity contribution >= 4 is 29.2 Å². The number of benzene rings is 1. The number of anilines is 2. The fourth-order valence-corrected chi connectivity index (χ4v) is 3.97. The summed E-state index contributed by atoms with van der Waals surface area (Å²) in [6.07, 6.45) is 9.28. The summed E-state index contributed by atoms with van der Waals surface area (Å²) in [6, 6.07) is 7.75. The van der Waals surface area contributed by atoms with Gasteiger partial charge in [-0.25, -0.2) is 0 Å². The van der Waals surface area contributed by atoms with Gasteiger partial charge in [0, 0.05) is 24.5 Å². The molecule has 7 heteroatoms. The van der Waals surface area contributed by atoms with Gasteiger partial charge in [-0.1, -0.05) is 25.0 Å². The third kappa shape index (κ3) is 5.82. The highest BCUT2D eigenvalue weighted by Crippen LogP contribution is 2.26. The highest BCUT2D eigenvalue weighted by Gasteiger charge is 2.33. The van der Waals surface area contributed by atoms with E-state index in [9.17, 15) is 19.5 Å². The molecule has 2 aliphatic rings. The minimum absolute atomic E-state index is 0.181. The van der Waals surface area contributed by atoms with E-state index in [-0.39, 0.29) is 12.5 Å². The van der Waals surface area contributed by atoms with E-state index in [0.717, 1.165) is 18.8 Å². The monoisotopic (exact) mass is 399 g/mol. The van der Waals surface area contributed by atoms with Gasteiger partial charge in [0.1, 0.15) is 0 Å². The molecule has 0 aromatic heterocycles. The molecule has 2 atom stereocenters. The van der Waals surface area contributed by atoms with E-state index in [1.807, 2.05) is 30.3 Å². The van der Waals surface area contributed by atoms with Gasteiger partial charge in [-0.05, 0) is 49.9 Å². The average molecular weight is 399 g/mol. The predicted molar refractivity (Wildman–Crippen MR) is 112 cm³/mol. The molecular formula is C22H29N3O4. The largest absolute Gasteiger partial charge is 0.481 e. The number of hydrogen-bond donors (Lipinski definition) is 3. The fraction of sp³-hybridized carbons (Fsp3) is 0.500. The molecule has 0 bridgehead atoms. The van der Waals surface area contributed by atoms with Crippen LogP contribution in [0.2, 0.25) is 0 Å². The molecule has 7 nitrogen and oxygen atoms in total. The van der Waals surface area contributed by atoms with E-state index in [0.29, 0.717) is 18.5 Å². The van der Waals surface area contributed by atoms with Crippen LogP contribution in [-0.4, -0.2) is 42.5 Å². The Labute approximate surface area is 171 Å². The van der Waals surface area contributed by atoms with Crippen LogP contribution in [0.1, 0.15) is 38.5 Å². The zero-order valence-electron chi connectivity index (χ0n) is 16.6. The molecule has 29 heavy (non-hydrogen) atoms. The fourth-order valence-electron chi connectivity index (χ4n) is 3.97. The van der Waals surface area contributed by atoms with Crippen molar-refractivity contribution in [1.29, 1.82) is 0 Å². The van der Waals surface area contributed by atoms with Gasteiger partial charge in [-0.15, -0.1) is 0 Å². The summed E-state index contributed by atoms with van der Waals surface area (Å²) in [5.41, 5.74) is 1.83. The van der Waals surface area contributed by atoms with Crippen molar-refractivity contribution in [3.05, 3.63) is 36.4 Å². The highest BCUT2D eigenvalue weighted by molar-refractivity contribution is 5.95. The zero-order chi connectivity index (χ0) is 20.6. The number of hydrogen-bond acceptors (Lipinski definition) is 4. The molecule has 0 spiro atoms. The Bertz CT molecular complexity index is 752. The number of nitrogens with one attached hydrogen (secondary N) is 2. The molecule has 3 rings (SSSR count). The minimum atomic E-state index is -0.983. The van der Waals surface area contributed by atoms with E-state index < -0.39 is 23.7 Å². The van der Waals surface area contributed by atoms with E-state index >= 15 is 0 Å². The smallest absolute Gasteiger partial charge is 0.307 e. The summed E-state index contributed by atoms with van der Waals surface area (Å²) in [7, 11) is 0. The van der Waals surface area contributed by atoms with E-state index in [1.165, 1.54) is 25.7 Å². The molecule has 1 heterocycles. The van der Waals surface area contributed by atoms with Crippen LogP contribution < -0.4 is 15.5 Å². The number of carbonyl (C=O) groups is 3. The van der Waals surface area contributed by atoms with Gasteiger partial charge in [0.2, 0.25) is 11.8 Å². The van der Waals surface area contributed by atoms with Crippen molar-refractivity contribution in [2.45, 2.75) is 38.5 Å². The summed E-state index contributed by atoms with van der Waals surface area (Å²) in [6.45, 7) is 1.94. The van der Waals surface area contributed by atoms with Crippen LogP contribution in [0.25, 0.3) is 0 Å². The lowest BCUT2D eigenvalue weighted by molar-refractivity contribution is -0.147. The van der Waals surface area contributed by atoms with Gasteiger partial charge >= 0.3 is 5.97 Å². The van der Waals surface area contributed by atoms with E-state index in [1.54, 1.807) is 6.08 Å². The Morgan fingerprint density at radius 2 is 1.55 bits per heavy atom. The number of rotatable bonds is 6. The zero-order valence-corrected chi connectivity index (χ0v) is 16.6. The number of carbonyl (C=O) groups excluding carboxylic acids is 2. The molecule has 0 radical (unpaired) electrons. The maximum atomic E-state index is 12.3. The van der Waals surface area contributed by atoms with E-state index in [2.05, 4.69) is 15.5 Å². The third-order valence-electron chi connectivity index (χ3n) is 5.63. The number of nitrogens with zero attached hydrogens (tertiary/aromatic N) is 1. The second kappa shape index (κ2) is 10.1. The number of allylic oxidation sites excluding steroid dienone is 2. The summed E-state index contributed by atoms with van der Waals surface area (Å²) < 4.78 is 0. The Morgan fingerprint density at radius 3 is 2.17 bits per heavy atom. The molecule has 3 N–H and O–H groups in total. The summed E-state index contributed by atoms with van der Waals surface area (Å²) in [4.78, 5) is 38.2. The second-order valence-electron chi connectivity index (χ2n) is 7.71. The number of aliphatic carboxylic acids is 1. The lowest BCUT2D eigenvalue weighted by Gasteiger charge is -2.24. The Hall–Kier alpha value is -2.83. The Balaban J connectivity index is 1.48. The van der Waals surface area contributed by atoms with Crippen LogP contribution in [-0.2, 0) is 14.4 Å². The van der Waals surface area contributed by atoms with Gasteiger partial charge in [-0.3, -0.25) is 14.4 Å². The Morgan fingerprint density at radius 1 is 0.931 bits per heavy atom. The van der Waals surface area contributed by atoms with Crippen molar-refractivity contribution in [3.63, 3.8) is 0 Å². The molecule has 1 saturated heterocycles. The lowest BCUT2D eigenvalue weighted by Crippen LogP contribution is -2.41. The molecule has 0 unspecified atom stereocenters. The van der Waals surface area contributed by atoms with Crippen molar-refractivity contribution in [2.75, 3.05) is 29.9 Å². The molecule has 0 saturated carbocycles. The van der Waals surface area contributed by atoms with Crippen LogP contribution in [0.15, 0.2) is 36.4 Å². The SMILES string of the molecule is O=C(CNC(=O)[C@H]1CC=CC[C@@H]1C(=O)O)Nc1ccc(N2CCCCCC2)cc1. The van der Waals surface area contributed by atoms with Crippen molar-refractivity contribution in [1.82, 2.24) is 5.32 Å². The van der Waals surface area contributed by atoms with Gasteiger partial charge in [0.05, 0.1) is 18.4 Å². The molecule has 1 fully saturated rings. The van der Waals surface area contributed by atoms with Crippen molar-refractivity contribution < 1.29 is 19.5 Å². The maximum absolute atomic E-state index is 12.3. The van der Waals surface area contributed by atoms with Crippen LogP contribution in [0.4, 0.5) is 11.4 Å². The number of amides is 2. The van der Waals surface area contributed by atoms with Crippen molar-refractivity contribution in [2.24, 2.45) is 11.8 Å².